The predicted octanol–water partition coefficient (Wildman–Crippen LogP) is 3.46. The number of benzene rings is 1. The van der Waals surface area contributed by atoms with Crippen LogP contribution in [-0.4, -0.2) is 23.3 Å². The van der Waals surface area contributed by atoms with E-state index < -0.39 is 4.92 Å². The summed E-state index contributed by atoms with van der Waals surface area (Å²) in [7, 11) is 0. The molecule has 2 aromatic rings. The second-order valence-corrected chi connectivity index (χ2v) is 6.16. The Hall–Kier alpha value is -2.45. The van der Waals surface area contributed by atoms with Crippen LogP contribution < -0.4 is 10.6 Å². The van der Waals surface area contributed by atoms with Crippen molar-refractivity contribution in [3.05, 3.63) is 55.7 Å². The second kappa shape index (κ2) is 8.42. The zero-order chi connectivity index (χ0) is 17.5. The van der Waals surface area contributed by atoms with Gasteiger partial charge in [0.1, 0.15) is 5.02 Å². The number of halogens is 1. The van der Waals surface area contributed by atoms with Crippen LogP contribution in [0.2, 0.25) is 5.02 Å². The average Bonchev–Trinajstić information content (AvgIpc) is 3.07. The van der Waals surface area contributed by atoms with Gasteiger partial charge in [0.25, 0.3) is 11.6 Å². The molecule has 2 N–H and O–H groups in total. The first-order valence-electron chi connectivity index (χ1n) is 7.03. The van der Waals surface area contributed by atoms with Crippen molar-refractivity contribution < 1.29 is 14.5 Å². The molecule has 0 saturated carbocycles. The summed E-state index contributed by atoms with van der Waals surface area (Å²) in [6, 6.07) is 7.57. The summed E-state index contributed by atoms with van der Waals surface area (Å²) < 4.78 is 0. The molecule has 9 heteroatoms. The highest BCUT2D eigenvalue weighted by atomic mass is 35.5. The predicted molar refractivity (Wildman–Crippen MR) is 92.6 cm³/mol. The summed E-state index contributed by atoms with van der Waals surface area (Å²) in [5.41, 5.74) is 0.0383. The third kappa shape index (κ3) is 5.04. The van der Waals surface area contributed by atoms with Gasteiger partial charge in [-0.3, -0.25) is 19.7 Å². The molecule has 0 aliphatic carbocycles. The molecule has 24 heavy (non-hydrogen) atoms. The normalized spacial score (nSPS) is 10.2. The lowest BCUT2D eigenvalue weighted by atomic mass is 10.2. The minimum atomic E-state index is -0.613. The van der Waals surface area contributed by atoms with Gasteiger partial charge in [0.15, 0.2) is 0 Å². The van der Waals surface area contributed by atoms with Gasteiger partial charge in [0.2, 0.25) is 5.91 Å². The van der Waals surface area contributed by atoms with Crippen molar-refractivity contribution in [2.45, 2.75) is 12.8 Å². The lowest BCUT2D eigenvalue weighted by Crippen LogP contribution is -2.24. The maximum Gasteiger partial charge on any atom is 0.289 e. The first-order valence-corrected chi connectivity index (χ1v) is 8.28. The molecule has 7 nitrogen and oxygen atoms in total. The maximum absolute atomic E-state index is 11.8. The van der Waals surface area contributed by atoms with Gasteiger partial charge in [-0.05, 0) is 30.0 Å². The lowest BCUT2D eigenvalue weighted by molar-refractivity contribution is -0.384. The van der Waals surface area contributed by atoms with E-state index in [1.165, 1.54) is 29.5 Å². The van der Waals surface area contributed by atoms with Crippen LogP contribution in [0.15, 0.2) is 35.7 Å². The number of anilines is 1. The zero-order valence-corrected chi connectivity index (χ0v) is 14.0. The second-order valence-electron chi connectivity index (χ2n) is 4.81. The molecule has 1 aromatic carbocycles. The number of hydrogen-bond acceptors (Lipinski definition) is 5. The Morgan fingerprint density at radius 1 is 1.29 bits per heavy atom. The van der Waals surface area contributed by atoms with E-state index in [4.69, 9.17) is 11.6 Å². The number of carbonyl (C=O) groups is 2. The third-order valence-corrected chi connectivity index (χ3v) is 4.23. The van der Waals surface area contributed by atoms with Crippen LogP contribution in [0.4, 0.5) is 11.4 Å². The molecule has 1 aromatic heterocycles. The third-order valence-electron chi connectivity index (χ3n) is 3.04. The molecule has 2 amide bonds. The van der Waals surface area contributed by atoms with E-state index in [9.17, 15) is 19.7 Å². The summed E-state index contributed by atoms with van der Waals surface area (Å²) in [6.07, 6.45) is 0.639. The molecule has 0 aliphatic heterocycles. The average molecular weight is 368 g/mol. The maximum atomic E-state index is 11.8. The molecule has 0 radical (unpaired) electrons. The zero-order valence-electron chi connectivity index (χ0n) is 12.5. The van der Waals surface area contributed by atoms with Gasteiger partial charge >= 0.3 is 0 Å². The highest BCUT2D eigenvalue weighted by molar-refractivity contribution is 7.12. The van der Waals surface area contributed by atoms with E-state index in [1.807, 2.05) is 5.38 Å². The van der Waals surface area contributed by atoms with Crippen molar-refractivity contribution in [1.82, 2.24) is 5.32 Å². The molecule has 0 aliphatic rings. The topological polar surface area (TPSA) is 101 Å². The van der Waals surface area contributed by atoms with Gasteiger partial charge < -0.3 is 10.6 Å². The van der Waals surface area contributed by atoms with Gasteiger partial charge in [-0.2, -0.15) is 0 Å². The van der Waals surface area contributed by atoms with Gasteiger partial charge in [0.05, 0.1) is 9.80 Å². The van der Waals surface area contributed by atoms with Crippen LogP contribution in [0.25, 0.3) is 0 Å². The van der Waals surface area contributed by atoms with Crippen LogP contribution >= 0.6 is 22.9 Å². The quantitative estimate of drug-likeness (QED) is 0.444. The number of nitrogens with one attached hydrogen (secondary N) is 2. The summed E-state index contributed by atoms with van der Waals surface area (Å²) >= 11 is 7.05. The fourth-order valence-electron chi connectivity index (χ4n) is 1.90. The van der Waals surface area contributed by atoms with Crippen molar-refractivity contribution in [3.8, 4) is 0 Å². The molecule has 0 bridgehead atoms. The molecule has 0 spiro atoms. The Morgan fingerprint density at radius 2 is 2.08 bits per heavy atom. The number of carbonyl (C=O) groups excluding carboxylic acids is 2. The molecule has 0 fully saturated rings. The molecule has 0 atom stereocenters. The van der Waals surface area contributed by atoms with E-state index in [1.54, 1.807) is 12.1 Å². The van der Waals surface area contributed by atoms with Crippen molar-refractivity contribution in [1.29, 1.82) is 0 Å². The number of thiophene rings is 1. The van der Waals surface area contributed by atoms with E-state index >= 15 is 0 Å². The molecular weight excluding hydrogens is 354 g/mol. The number of rotatable bonds is 7. The Labute approximate surface area is 146 Å². The van der Waals surface area contributed by atoms with E-state index in [-0.39, 0.29) is 28.9 Å². The fourth-order valence-corrected chi connectivity index (χ4v) is 2.73. The number of nitrogens with zero attached hydrogens (tertiary/aromatic N) is 1. The van der Waals surface area contributed by atoms with Crippen molar-refractivity contribution >= 4 is 46.1 Å². The first kappa shape index (κ1) is 17.9. The Morgan fingerprint density at radius 3 is 2.75 bits per heavy atom. The van der Waals surface area contributed by atoms with Gasteiger partial charge in [-0.1, -0.05) is 17.7 Å². The minimum Gasteiger partial charge on any atom is -0.351 e. The number of amides is 2. The molecule has 0 unspecified atom stereocenters. The molecule has 2 rings (SSSR count). The van der Waals surface area contributed by atoms with Gasteiger partial charge in [-0.25, -0.2) is 0 Å². The summed E-state index contributed by atoms with van der Waals surface area (Å²) in [4.78, 5) is 34.3. The number of nitro groups is 1. The molecule has 126 valence electrons. The largest absolute Gasteiger partial charge is 0.351 e. The van der Waals surface area contributed by atoms with Crippen molar-refractivity contribution in [3.63, 3.8) is 0 Å². The monoisotopic (exact) mass is 367 g/mol. The van der Waals surface area contributed by atoms with Crippen LogP contribution in [0, 0.1) is 10.1 Å². The summed E-state index contributed by atoms with van der Waals surface area (Å²) in [5.74, 6) is -0.462. The van der Waals surface area contributed by atoms with E-state index in [0.717, 1.165) is 0 Å². The SMILES string of the molecule is O=C(CCCNC(=O)c1cccs1)Nc1ccc(Cl)c([N+](=O)[O-])c1. The highest BCUT2D eigenvalue weighted by Gasteiger charge is 2.14. The Balaban J connectivity index is 1.76. The first-order chi connectivity index (χ1) is 11.5. The van der Waals surface area contributed by atoms with Crippen molar-refractivity contribution in [2.24, 2.45) is 0 Å². The van der Waals surface area contributed by atoms with Gasteiger partial charge in [-0.15, -0.1) is 11.3 Å². The highest BCUT2D eigenvalue weighted by Crippen LogP contribution is 2.27. The Bertz CT molecular complexity index is 749. The molecule has 0 saturated heterocycles. The fraction of sp³-hybridized carbons (Fsp3) is 0.200. The smallest absolute Gasteiger partial charge is 0.289 e. The number of nitro benzene ring substituents is 1. The van der Waals surface area contributed by atoms with E-state index in [0.29, 0.717) is 23.5 Å². The van der Waals surface area contributed by atoms with Crippen LogP contribution in [0.1, 0.15) is 22.5 Å². The van der Waals surface area contributed by atoms with Crippen molar-refractivity contribution in [2.75, 3.05) is 11.9 Å². The lowest BCUT2D eigenvalue weighted by Gasteiger charge is -2.06. The van der Waals surface area contributed by atoms with Crippen LogP contribution in [0.5, 0.6) is 0 Å². The number of hydrogen-bond donors (Lipinski definition) is 2. The van der Waals surface area contributed by atoms with Crippen LogP contribution in [0.3, 0.4) is 0 Å². The van der Waals surface area contributed by atoms with Gasteiger partial charge in [0, 0.05) is 24.7 Å². The Kier molecular flexibility index (Phi) is 6.28. The standard InChI is InChI=1S/C15H14ClN3O4S/c16-11-6-5-10(9-12(11)19(22)23)18-14(20)4-1-7-17-15(21)13-3-2-8-24-13/h2-3,5-6,8-9H,1,4,7H2,(H,17,21)(H,18,20). The van der Waals surface area contributed by atoms with Crippen LogP contribution in [-0.2, 0) is 4.79 Å². The summed E-state index contributed by atoms with van der Waals surface area (Å²) in [5, 5.41) is 17.9. The minimum absolute atomic E-state index is 0.00860. The summed E-state index contributed by atoms with van der Waals surface area (Å²) in [6.45, 7) is 0.366. The molecular formula is C15H14ClN3O4S. The van der Waals surface area contributed by atoms with E-state index in [2.05, 4.69) is 10.6 Å². The molecule has 1 heterocycles.